The van der Waals surface area contributed by atoms with Gasteiger partial charge in [-0.3, -0.25) is 9.69 Å². The molecule has 0 aliphatic carbocycles. The molecule has 0 spiro atoms. The second kappa shape index (κ2) is 7.59. The second-order valence-corrected chi connectivity index (χ2v) is 6.39. The van der Waals surface area contributed by atoms with E-state index in [1.165, 1.54) is 4.90 Å². The maximum Gasteiger partial charge on any atom is 0.405 e. The topological polar surface area (TPSA) is 57.3 Å². The smallest absolute Gasteiger partial charge is 0.349 e. The van der Waals surface area contributed by atoms with Crippen LogP contribution in [0.25, 0.3) is 10.9 Å². The van der Waals surface area contributed by atoms with Gasteiger partial charge in [-0.15, -0.1) is 0 Å². The van der Waals surface area contributed by atoms with Crippen molar-refractivity contribution in [2.45, 2.75) is 19.1 Å². The molecule has 1 aliphatic rings. The summed E-state index contributed by atoms with van der Waals surface area (Å²) in [5, 5.41) is 6.35. The fourth-order valence-electron chi connectivity index (χ4n) is 3.19. The summed E-state index contributed by atoms with van der Waals surface area (Å²) in [6, 6.07) is 7.25. The molecule has 3 rings (SSSR count). The zero-order valence-corrected chi connectivity index (χ0v) is 14.4. The summed E-state index contributed by atoms with van der Waals surface area (Å²) in [7, 11) is 0. The van der Waals surface area contributed by atoms with Gasteiger partial charge in [-0.1, -0.05) is 18.2 Å². The Labute approximate surface area is 149 Å². The summed E-state index contributed by atoms with van der Waals surface area (Å²) >= 11 is 0. The fourth-order valence-corrected chi connectivity index (χ4v) is 3.19. The Balaban J connectivity index is 1.74. The van der Waals surface area contributed by atoms with Gasteiger partial charge in [0.05, 0.1) is 5.52 Å². The number of alkyl halides is 3. The highest BCUT2D eigenvalue weighted by atomic mass is 19.4. The van der Waals surface area contributed by atoms with Crippen molar-refractivity contribution in [3.05, 3.63) is 41.6 Å². The summed E-state index contributed by atoms with van der Waals surface area (Å²) in [6.45, 7) is 2.97. The van der Waals surface area contributed by atoms with E-state index in [0.717, 1.165) is 10.9 Å². The Bertz CT molecular complexity index is 788. The van der Waals surface area contributed by atoms with Gasteiger partial charge in [0.2, 0.25) is 0 Å². The lowest BCUT2D eigenvalue weighted by atomic mass is 10.1. The van der Waals surface area contributed by atoms with E-state index in [1.807, 2.05) is 19.1 Å². The Morgan fingerprint density at radius 3 is 2.69 bits per heavy atom. The molecular weight excluding hydrogens is 345 g/mol. The highest BCUT2D eigenvalue weighted by Gasteiger charge is 2.43. The first-order valence-electron chi connectivity index (χ1n) is 8.52. The van der Waals surface area contributed by atoms with E-state index in [9.17, 15) is 18.0 Å². The quantitative estimate of drug-likeness (QED) is 0.870. The number of nitrogens with zero attached hydrogens (tertiary/aromatic N) is 2. The highest BCUT2D eigenvalue weighted by molar-refractivity contribution is 5.95. The van der Waals surface area contributed by atoms with Crippen molar-refractivity contribution in [2.75, 3.05) is 32.7 Å². The summed E-state index contributed by atoms with van der Waals surface area (Å²) in [5.41, 5.74) is 1.63. The Hall–Kier alpha value is -2.19. The molecule has 26 heavy (non-hydrogen) atoms. The molecule has 1 atom stereocenters. The van der Waals surface area contributed by atoms with Gasteiger partial charge in [0.25, 0.3) is 5.91 Å². The van der Waals surface area contributed by atoms with E-state index in [-0.39, 0.29) is 5.69 Å². The normalized spacial score (nSPS) is 17.2. The van der Waals surface area contributed by atoms with Crippen LogP contribution in [0.1, 0.15) is 16.1 Å². The number of aromatic nitrogens is 1. The zero-order valence-electron chi connectivity index (χ0n) is 14.4. The van der Waals surface area contributed by atoms with Crippen LogP contribution in [0, 0.1) is 6.92 Å². The number of carbonyl (C=O) groups excluding carboxylic acids is 1. The van der Waals surface area contributed by atoms with E-state index >= 15 is 0 Å². The molecule has 0 bridgehead atoms. The van der Waals surface area contributed by atoms with Crippen LogP contribution in [0.4, 0.5) is 13.2 Å². The maximum absolute atomic E-state index is 13.4. The van der Waals surface area contributed by atoms with Crippen molar-refractivity contribution in [1.29, 1.82) is 0 Å². The van der Waals surface area contributed by atoms with Crippen LogP contribution < -0.4 is 10.6 Å². The molecular formula is C18H21F3N4O. The van der Waals surface area contributed by atoms with Gasteiger partial charge in [-0.2, -0.15) is 13.2 Å². The van der Waals surface area contributed by atoms with Crippen molar-refractivity contribution in [2.24, 2.45) is 0 Å². The van der Waals surface area contributed by atoms with E-state index in [4.69, 9.17) is 0 Å². The molecule has 1 saturated heterocycles. The number of amides is 1. The van der Waals surface area contributed by atoms with Crippen LogP contribution in [-0.4, -0.2) is 60.7 Å². The predicted octanol–water partition coefficient (Wildman–Crippen LogP) is 2.11. The van der Waals surface area contributed by atoms with E-state index in [0.29, 0.717) is 31.7 Å². The first kappa shape index (κ1) is 18.6. The molecule has 1 fully saturated rings. The Morgan fingerprint density at radius 2 is 2.00 bits per heavy atom. The molecule has 1 amide bonds. The predicted molar refractivity (Wildman–Crippen MR) is 93.1 cm³/mol. The fraction of sp³-hybridized carbons (Fsp3) is 0.444. The van der Waals surface area contributed by atoms with Crippen LogP contribution in [0.15, 0.2) is 30.3 Å². The third kappa shape index (κ3) is 4.13. The van der Waals surface area contributed by atoms with Crippen LogP contribution in [0.3, 0.4) is 0 Å². The van der Waals surface area contributed by atoms with Crippen molar-refractivity contribution < 1.29 is 18.0 Å². The van der Waals surface area contributed by atoms with Gasteiger partial charge in [0, 0.05) is 38.1 Å². The minimum absolute atomic E-state index is 0.127. The molecule has 0 radical (unpaired) electrons. The lowest BCUT2D eigenvalue weighted by Crippen LogP contribution is -2.57. The third-order valence-electron chi connectivity index (χ3n) is 4.58. The number of hydrogen-bond acceptors (Lipinski definition) is 4. The number of carbonyl (C=O) groups is 1. The average molecular weight is 366 g/mol. The minimum atomic E-state index is -4.41. The molecule has 5 nitrogen and oxygen atoms in total. The summed E-state index contributed by atoms with van der Waals surface area (Å²) < 4.78 is 40.2. The number of nitrogens with one attached hydrogen (secondary N) is 2. The number of fused-ring (bicyclic) bond motifs is 1. The summed E-state index contributed by atoms with van der Waals surface area (Å²) in [4.78, 5) is 18.0. The van der Waals surface area contributed by atoms with Crippen LogP contribution in [0.2, 0.25) is 0 Å². The molecule has 1 aliphatic heterocycles. The van der Waals surface area contributed by atoms with Gasteiger partial charge in [-0.25, -0.2) is 4.98 Å². The molecule has 140 valence electrons. The summed E-state index contributed by atoms with van der Waals surface area (Å²) in [6.07, 6.45) is -4.41. The monoisotopic (exact) mass is 366 g/mol. The van der Waals surface area contributed by atoms with Crippen molar-refractivity contribution in [3.8, 4) is 0 Å². The van der Waals surface area contributed by atoms with Crippen LogP contribution in [0.5, 0.6) is 0 Å². The number of pyridine rings is 1. The van der Waals surface area contributed by atoms with Crippen molar-refractivity contribution in [3.63, 3.8) is 0 Å². The Kier molecular flexibility index (Phi) is 5.43. The number of halogens is 3. The number of piperazine rings is 1. The first-order valence-corrected chi connectivity index (χ1v) is 8.52. The number of para-hydroxylation sites is 1. The molecule has 1 aromatic carbocycles. The third-order valence-corrected chi connectivity index (χ3v) is 4.58. The molecule has 2 N–H and O–H groups in total. The standard InChI is InChI=1S/C18H21F3N4O/c1-12-10-15(24-14-5-3-2-4-13(12)14)17(26)23-11-16(18(19,20)21)25-8-6-22-7-9-25/h2-5,10,16,22H,6-9,11H2,1H3,(H,23,26). The van der Waals surface area contributed by atoms with Crippen molar-refractivity contribution in [1.82, 2.24) is 20.5 Å². The lowest BCUT2D eigenvalue weighted by molar-refractivity contribution is -0.183. The van der Waals surface area contributed by atoms with Crippen LogP contribution in [-0.2, 0) is 0 Å². The number of rotatable bonds is 4. The SMILES string of the molecule is Cc1cc(C(=O)NCC(N2CCNCC2)C(F)(F)F)nc2ccccc12. The molecule has 8 heteroatoms. The van der Waals surface area contributed by atoms with E-state index in [1.54, 1.807) is 18.2 Å². The van der Waals surface area contributed by atoms with Gasteiger partial charge in [-0.05, 0) is 24.6 Å². The number of aryl methyl sites for hydroxylation is 1. The minimum Gasteiger partial charge on any atom is -0.349 e. The van der Waals surface area contributed by atoms with Gasteiger partial charge in [0.15, 0.2) is 0 Å². The average Bonchev–Trinajstić information content (AvgIpc) is 2.61. The van der Waals surface area contributed by atoms with Gasteiger partial charge >= 0.3 is 6.18 Å². The molecule has 1 unspecified atom stereocenters. The molecule has 0 saturated carbocycles. The molecule has 2 aromatic rings. The first-order chi connectivity index (χ1) is 12.4. The Morgan fingerprint density at radius 1 is 1.31 bits per heavy atom. The molecule has 1 aromatic heterocycles. The van der Waals surface area contributed by atoms with Gasteiger partial charge in [0.1, 0.15) is 11.7 Å². The number of hydrogen-bond donors (Lipinski definition) is 2. The zero-order chi connectivity index (χ0) is 18.7. The van der Waals surface area contributed by atoms with E-state index < -0.39 is 24.7 Å². The highest BCUT2D eigenvalue weighted by Crippen LogP contribution is 2.25. The summed E-state index contributed by atoms with van der Waals surface area (Å²) in [5.74, 6) is -0.594. The van der Waals surface area contributed by atoms with Crippen LogP contribution >= 0.6 is 0 Å². The number of benzene rings is 1. The lowest BCUT2D eigenvalue weighted by Gasteiger charge is -2.35. The molecule has 2 heterocycles. The second-order valence-electron chi connectivity index (χ2n) is 6.39. The van der Waals surface area contributed by atoms with Crippen molar-refractivity contribution >= 4 is 16.8 Å². The van der Waals surface area contributed by atoms with E-state index in [2.05, 4.69) is 15.6 Å². The largest absolute Gasteiger partial charge is 0.405 e. The van der Waals surface area contributed by atoms with Gasteiger partial charge < -0.3 is 10.6 Å². The maximum atomic E-state index is 13.4.